The van der Waals surface area contributed by atoms with Crippen molar-refractivity contribution < 1.29 is 9.53 Å². The van der Waals surface area contributed by atoms with Crippen molar-refractivity contribution >= 4 is 17.0 Å². The van der Waals surface area contributed by atoms with E-state index in [2.05, 4.69) is 35.6 Å². The maximum absolute atomic E-state index is 12.4. The van der Waals surface area contributed by atoms with Crippen LogP contribution >= 0.6 is 0 Å². The van der Waals surface area contributed by atoms with Crippen LogP contribution in [0.5, 0.6) is 0 Å². The number of carbonyl (C=O) groups is 1. The second-order valence-corrected chi connectivity index (χ2v) is 11.7. The lowest BCUT2D eigenvalue weighted by atomic mass is 9.90. The lowest BCUT2D eigenvalue weighted by Gasteiger charge is -2.32. The van der Waals surface area contributed by atoms with Crippen LogP contribution in [-0.2, 0) is 31.0 Å². The second-order valence-electron chi connectivity index (χ2n) is 11.7. The number of alkyl carbamates (subject to hydrolysis) is 1. The topological polar surface area (TPSA) is 60.3 Å². The maximum atomic E-state index is 12.4. The number of benzene rings is 2. The molecule has 4 rings (SSSR count). The van der Waals surface area contributed by atoms with Crippen LogP contribution in [0, 0.1) is 0 Å². The van der Waals surface area contributed by atoms with Gasteiger partial charge in [-0.25, -0.2) is 4.79 Å². The normalized spacial score (nSPS) is 15.1. The van der Waals surface area contributed by atoms with E-state index >= 15 is 0 Å². The van der Waals surface area contributed by atoms with Crippen molar-refractivity contribution in [3.63, 3.8) is 0 Å². The van der Waals surface area contributed by atoms with E-state index in [4.69, 9.17) is 4.74 Å². The van der Waals surface area contributed by atoms with E-state index in [1.165, 1.54) is 24.0 Å². The minimum Gasteiger partial charge on any atom is -0.444 e. The molecule has 1 saturated carbocycles. The van der Waals surface area contributed by atoms with Crippen LogP contribution in [0.2, 0.25) is 0 Å². The molecule has 0 aliphatic heterocycles. The summed E-state index contributed by atoms with van der Waals surface area (Å²) in [7, 11) is 1.83. The molecule has 1 aliphatic rings. The van der Waals surface area contributed by atoms with Crippen molar-refractivity contribution in [2.24, 2.45) is 7.05 Å². The zero-order valence-electron chi connectivity index (χ0n) is 22.9. The summed E-state index contributed by atoms with van der Waals surface area (Å²) >= 11 is 0. The number of pyridine rings is 1. The van der Waals surface area contributed by atoms with Crippen LogP contribution in [-0.4, -0.2) is 21.8 Å². The Hall–Kier alpha value is -3.08. The van der Waals surface area contributed by atoms with Gasteiger partial charge in [-0.05, 0) is 88.5 Å². The Morgan fingerprint density at radius 2 is 1.65 bits per heavy atom. The van der Waals surface area contributed by atoms with Crippen molar-refractivity contribution in [1.29, 1.82) is 0 Å². The van der Waals surface area contributed by atoms with E-state index in [1.807, 2.05) is 46.0 Å². The summed E-state index contributed by atoms with van der Waals surface area (Å²) in [4.78, 5) is 24.9. The van der Waals surface area contributed by atoms with Gasteiger partial charge in [0.2, 0.25) is 0 Å². The van der Waals surface area contributed by atoms with Crippen molar-refractivity contribution in [2.75, 3.05) is 0 Å². The van der Waals surface area contributed by atoms with Gasteiger partial charge < -0.3 is 14.6 Å². The Balaban J connectivity index is 1.31. The summed E-state index contributed by atoms with van der Waals surface area (Å²) in [5, 5.41) is 4.38. The number of para-hydroxylation sites is 1. The lowest BCUT2D eigenvalue weighted by Crippen LogP contribution is -2.48. The van der Waals surface area contributed by atoms with Gasteiger partial charge >= 0.3 is 6.09 Å². The number of nitrogens with one attached hydrogen (secondary N) is 1. The molecule has 1 aromatic heterocycles. The molecular weight excluding hydrogens is 460 g/mol. The summed E-state index contributed by atoms with van der Waals surface area (Å²) in [6, 6.07) is 18.8. The number of amides is 1. The summed E-state index contributed by atoms with van der Waals surface area (Å²) < 4.78 is 7.26. The highest BCUT2D eigenvalue weighted by atomic mass is 16.6. The third kappa shape index (κ3) is 7.24. The predicted octanol–water partition coefficient (Wildman–Crippen LogP) is 6.87. The minimum absolute atomic E-state index is 0.0450. The van der Waals surface area contributed by atoms with E-state index in [0.29, 0.717) is 0 Å². The molecule has 0 radical (unpaired) electrons. The number of hydrogen-bond donors (Lipinski definition) is 1. The quantitative estimate of drug-likeness (QED) is 0.325. The van der Waals surface area contributed by atoms with Crippen molar-refractivity contribution in [3.05, 3.63) is 81.6 Å². The molecule has 2 aromatic carbocycles. The van der Waals surface area contributed by atoms with Gasteiger partial charge in [0.25, 0.3) is 5.56 Å². The zero-order valence-corrected chi connectivity index (χ0v) is 22.9. The minimum atomic E-state index is -0.475. The molecule has 0 saturated heterocycles. The first kappa shape index (κ1) is 27.0. The molecule has 1 amide bonds. The van der Waals surface area contributed by atoms with Gasteiger partial charge in [0.05, 0.1) is 5.52 Å². The molecule has 1 aliphatic carbocycles. The summed E-state index contributed by atoms with van der Waals surface area (Å²) in [6.45, 7) is 5.72. The molecule has 3 aromatic rings. The fourth-order valence-electron chi connectivity index (χ4n) is 5.71. The number of unbranched alkanes of at least 4 members (excludes halogenated alkanes) is 1. The standard InChI is InChI=1S/C32H42N2O3/c1-31(2,3)37-30(36)33-32(20-9-10-21-32)19-8-7-12-24-13-11-14-25(22-24)17-18-26-23-29(35)34(4)28-16-6-5-15-27(26)28/h5-6,11,13-16,22-23H,7-10,12,17-21H2,1-4H3,(H,33,36). The van der Waals surface area contributed by atoms with E-state index in [-0.39, 0.29) is 17.2 Å². The number of aromatic nitrogens is 1. The molecule has 5 heteroatoms. The number of aryl methyl sites for hydroxylation is 4. The van der Waals surface area contributed by atoms with Gasteiger partial charge in [-0.1, -0.05) is 61.7 Å². The van der Waals surface area contributed by atoms with Crippen LogP contribution in [0.3, 0.4) is 0 Å². The fourth-order valence-corrected chi connectivity index (χ4v) is 5.71. The number of fused-ring (bicyclic) bond motifs is 1. The third-order valence-corrected chi connectivity index (χ3v) is 7.61. The molecule has 0 bridgehead atoms. The van der Waals surface area contributed by atoms with E-state index in [0.717, 1.165) is 67.8 Å². The number of carbonyl (C=O) groups excluding carboxylic acids is 1. The third-order valence-electron chi connectivity index (χ3n) is 7.61. The Bertz CT molecular complexity index is 1280. The molecule has 1 heterocycles. The van der Waals surface area contributed by atoms with Crippen molar-refractivity contribution in [2.45, 2.75) is 96.1 Å². The van der Waals surface area contributed by atoms with Gasteiger partial charge in [-0.2, -0.15) is 0 Å². The first-order valence-corrected chi connectivity index (χ1v) is 13.8. The van der Waals surface area contributed by atoms with Crippen LogP contribution < -0.4 is 10.9 Å². The van der Waals surface area contributed by atoms with Crippen LogP contribution in [0.4, 0.5) is 4.79 Å². The lowest BCUT2D eigenvalue weighted by molar-refractivity contribution is 0.0449. The van der Waals surface area contributed by atoms with Gasteiger partial charge in [0.15, 0.2) is 0 Å². The molecular formula is C32H42N2O3. The Kier molecular flexibility index (Phi) is 8.41. The first-order chi connectivity index (χ1) is 17.6. The van der Waals surface area contributed by atoms with Gasteiger partial charge in [-0.3, -0.25) is 4.79 Å². The van der Waals surface area contributed by atoms with Crippen LogP contribution in [0.25, 0.3) is 10.9 Å². The Morgan fingerprint density at radius 1 is 0.946 bits per heavy atom. The van der Waals surface area contributed by atoms with Crippen molar-refractivity contribution in [1.82, 2.24) is 9.88 Å². The summed E-state index contributed by atoms with van der Waals surface area (Å²) in [5.41, 5.74) is 4.22. The van der Waals surface area contributed by atoms with E-state index in [1.54, 1.807) is 10.6 Å². The average molecular weight is 503 g/mol. The molecule has 1 N–H and O–H groups in total. The SMILES string of the molecule is Cn1c(=O)cc(CCc2cccc(CCCCC3(NC(=O)OC(C)(C)C)CCCC3)c2)c2ccccc21. The molecule has 0 spiro atoms. The van der Waals surface area contributed by atoms with Crippen LogP contribution in [0.1, 0.15) is 82.4 Å². The number of ether oxygens (including phenoxy) is 1. The average Bonchev–Trinajstić information content (AvgIpc) is 3.30. The highest BCUT2D eigenvalue weighted by Crippen LogP contribution is 2.34. The summed E-state index contributed by atoms with van der Waals surface area (Å²) in [6.07, 6.45) is 10.1. The Labute approximate surface area is 221 Å². The maximum Gasteiger partial charge on any atom is 0.408 e. The fraction of sp³-hybridized carbons (Fsp3) is 0.500. The molecule has 1 fully saturated rings. The van der Waals surface area contributed by atoms with Gasteiger partial charge in [0.1, 0.15) is 5.60 Å². The highest BCUT2D eigenvalue weighted by Gasteiger charge is 2.36. The molecule has 198 valence electrons. The molecule has 37 heavy (non-hydrogen) atoms. The first-order valence-electron chi connectivity index (χ1n) is 13.8. The van der Waals surface area contributed by atoms with Gasteiger partial charge in [0, 0.05) is 24.0 Å². The van der Waals surface area contributed by atoms with E-state index < -0.39 is 5.60 Å². The Morgan fingerprint density at radius 3 is 2.38 bits per heavy atom. The van der Waals surface area contributed by atoms with E-state index in [9.17, 15) is 9.59 Å². The summed E-state index contributed by atoms with van der Waals surface area (Å²) in [5.74, 6) is 0. The zero-order chi connectivity index (χ0) is 26.5. The molecule has 5 nitrogen and oxygen atoms in total. The number of nitrogens with zero attached hydrogens (tertiary/aromatic N) is 1. The van der Waals surface area contributed by atoms with Gasteiger partial charge in [-0.15, -0.1) is 0 Å². The number of hydrogen-bond acceptors (Lipinski definition) is 3. The molecule has 0 unspecified atom stereocenters. The smallest absolute Gasteiger partial charge is 0.408 e. The second kappa shape index (κ2) is 11.5. The molecule has 0 atom stereocenters. The van der Waals surface area contributed by atoms with Crippen molar-refractivity contribution in [3.8, 4) is 0 Å². The highest BCUT2D eigenvalue weighted by molar-refractivity contribution is 5.82. The van der Waals surface area contributed by atoms with Crippen LogP contribution in [0.15, 0.2) is 59.4 Å². The largest absolute Gasteiger partial charge is 0.444 e. The monoisotopic (exact) mass is 502 g/mol. The number of rotatable bonds is 9. The predicted molar refractivity (Wildman–Crippen MR) is 151 cm³/mol.